The first-order valence-electron chi connectivity index (χ1n) is 8.21. The largest absolute Gasteiger partial charge is 0.495 e. The summed E-state index contributed by atoms with van der Waals surface area (Å²) < 4.78 is 10.6. The van der Waals surface area contributed by atoms with Gasteiger partial charge in [0.05, 0.1) is 12.8 Å². The molecule has 0 aliphatic carbocycles. The van der Waals surface area contributed by atoms with E-state index >= 15 is 0 Å². The molecule has 0 spiro atoms. The second-order valence-corrected chi connectivity index (χ2v) is 6.61. The molecule has 0 saturated heterocycles. The van der Waals surface area contributed by atoms with Gasteiger partial charge in [0.1, 0.15) is 11.4 Å². The Morgan fingerprint density at radius 2 is 1.87 bits per heavy atom. The zero-order chi connectivity index (χ0) is 17.5. The molecule has 0 aliphatic heterocycles. The van der Waals surface area contributed by atoms with Crippen LogP contribution in [0.5, 0.6) is 5.75 Å². The lowest BCUT2D eigenvalue weighted by molar-refractivity contribution is 0.0635. The van der Waals surface area contributed by atoms with Crippen molar-refractivity contribution in [2.45, 2.75) is 53.1 Å². The first kappa shape index (κ1) is 19.1. The molecule has 1 aromatic rings. The van der Waals surface area contributed by atoms with Gasteiger partial charge in [-0.1, -0.05) is 26.7 Å². The minimum Gasteiger partial charge on any atom is -0.495 e. The summed E-state index contributed by atoms with van der Waals surface area (Å²) in [6.07, 6.45) is 1.79. The van der Waals surface area contributed by atoms with Crippen LogP contribution in [0.3, 0.4) is 0 Å². The molecule has 0 bridgehead atoms. The van der Waals surface area contributed by atoms with Crippen molar-refractivity contribution in [3.8, 4) is 5.75 Å². The van der Waals surface area contributed by atoms with E-state index in [1.165, 1.54) is 0 Å². The van der Waals surface area contributed by atoms with Gasteiger partial charge in [-0.25, -0.2) is 4.79 Å². The number of nitrogens with one attached hydrogen (secondary N) is 2. The van der Waals surface area contributed by atoms with Crippen LogP contribution >= 0.6 is 0 Å². The molecular weight excluding hydrogens is 292 g/mol. The van der Waals surface area contributed by atoms with Gasteiger partial charge < -0.3 is 14.8 Å². The van der Waals surface area contributed by atoms with Crippen molar-refractivity contribution in [2.75, 3.05) is 24.3 Å². The summed E-state index contributed by atoms with van der Waals surface area (Å²) >= 11 is 0. The van der Waals surface area contributed by atoms with E-state index in [-0.39, 0.29) is 0 Å². The molecule has 0 aliphatic rings. The molecule has 1 aromatic carbocycles. The number of methoxy groups -OCH3 is 1. The summed E-state index contributed by atoms with van der Waals surface area (Å²) in [5.74, 6) is 1.24. The van der Waals surface area contributed by atoms with Crippen molar-refractivity contribution < 1.29 is 14.3 Å². The molecule has 0 radical (unpaired) electrons. The van der Waals surface area contributed by atoms with E-state index in [2.05, 4.69) is 24.5 Å². The number of benzene rings is 1. The minimum atomic E-state index is -0.539. The van der Waals surface area contributed by atoms with E-state index in [1.54, 1.807) is 7.11 Å². The fraction of sp³-hybridized carbons (Fsp3) is 0.611. The van der Waals surface area contributed by atoms with Gasteiger partial charge in [0.25, 0.3) is 0 Å². The van der Waals surface area contributed by atoms with E-state index in [4.69, 9.17) is 9.47 Å². The molecule has 2 N–H and O–H groups in total. The molecule has 5 nitrogen and oxygen atoms in total. The summed E-state index contributed by atoms with van der Waals surface area (Å²) in [6.45, 7) is 10.8. The van der Waals surface area contributed by atoms with Crippen LogP contribution in [-0.2, 0) is 4.74 Å². The normalized spacial score (nSPS) is 11.3. The molecule has 0 atom stereocenters. The Hall–Kier alpha value is -1.91. The first-order chi connectivity index (χ1) is 10.8. The number of amides is 1. The van der Waals surface area contributed by atoms with Gasteiger partial charge in [0, 0.05) is 12.2 Å². The second-order valence-electron chi connectivity index (χ2n) is 6.61. The van der Waals surface area contributed by atoms with Gasteiger partial charge in [-0.3, -0.25) is 5.32 Å². The van der Waals surface area contributed by atoms with Gasteiger partial charge in [-0.05, 0) is 44.9 Å². The molecule has 1 amide bonds. The third-order valence-corrected chi connectivity index (χ3v) is 3.58. The Morgan fingerprint density at radius 3 is 2.39 bits per heavy atom. The lowest BCUT2D eigenvalue weighted by Crippen LogP contribution is -2.27. The van der Waals surface area contributed by atoms with Crippen molar-refractivity contribution >= 4 is 17.5 Å². The number of anilines is 2. The number of rotatable bonds is 7. The van der Waals surface area contributed by atoms with Crippen LogP contribution in [-0.4, -0.2) is 25.3 Å². The predicted molar refractivity (Wildman–Crippen MR) is 95.4 cm³/mol. The Bertz CT molecular complexity index is 505. The molecule has 1 rings (SSSR count). The van der Waals surface area contributed by atoms with E-state index in [0.29, 0.717) is 17.4 Å². The Labute approximate surface area is 139 Å². The molecule has 0 heterocycles. The fourth-order valence-electron chi connectivity index (χ4n) is 2.17. The first-order valence-corrected chi connectivity index (χ1v) is 8.21. The predicted octanol–water partition coefficient (Wildman–Crippen LogP) is 4.89. The summed E-state index contributed by atoms with van der Waals surface area (Å²) in [4.78, 5) is 12.0. The highest BCUT2D eigenvalue weighted by Crippen LogP contribution is 2.28. The molecule has 23 heavy (non-hydrogen) atoms. The third kappa shape index (κ3) is 6.80. The van der Waals surface area contributed by atoms with E-state index in [0.717, 1.165) is 25.1 Å². The SMILES string of the molecule is CCC(CC)CNc1ccc(OC)c(NC(=O)OC(C)(C)C)c1. The quantitative estimate of drug-likeness (QED) is 0.750. The van der Waals surface area contributed by atoms with Crippen molar-refractivity contribution in [2.24, 2.45) is 5.92 Å². The average molecular weight is 322 g/mol. The van der Waals surface area contributed by atoms with Gasteiger partial charge in [0.15, 0.2) is 0 Å². The van der Waals surface area contributed by atoms with Gasteiger partial charge in [-0.15, -0.1) is 0 Å². The van der Waals surface area contributed by atoms with Crippen LogP contribution in [0.15, 0.2) is 18.2 Å². The van der Waals surface area contributed by atoms with Crippen molar-refractivity contribution in [3.63, 3.8) is 0 Å². The minimum absolute atomic E-state index is 0.493. The van der Waals surface area contributed by atoms with Crippen LogP contribution in [0.25, 0.3) is 0 Å². The average Bonchev–Trinajstić information content (AvgIpc) is 2.46. The van der Waals surface area contributed by atoms with Crippen molar-refractivity contribution in [1.29, 1.82) is 0 Å². The summed E-state index contributed by atoms with van der Waals surface area (Å²) in [7, 11) is 1.58. The van der Waals surface area contributed by atoms with Gasteiger partial charge in [-0.2, -0.15) is 0 Å². The molecule has 0 fully saturated rings. The molecular formula is C18H30N2O3. The van der Waals surface area contributed by atoms with Crippen LogP contribution in [0, 0.1) is 5.92 Å². The topological polar surface area (TPSA) is 59.6 Å². The molecule has 0 aromatic heterocycles. The maximum absolute atomic E-state index is 12.0. The van der Waals surface area contributed by atoms with Gasteiger partial charge in [0.2, 0.25) is 0 Å². The Kier molecular flexibility index (Phi) is 7.20. The molecule has 5 heteroatoms. The van der Waals surface area contributed by atoms with Crippen LogP contribution in [0.4, 0.5) is 16.2 Å². The Morgan fingerprint density at radius 1 is 1.22 bits per heavy atom. The monoisotopic (exact) mass is 322 g/mol. The number of carbonyl (C=O) groups excluding carboxylic acids is 1. The Balaban J connectivity index is 2.80. The van der Waals surface area contributed by atoms with E-state index in [1.807, 2.05) is 39.0 Å². The second kappa shape index (κ2) is 8.65. The van der Waals surface area contributed by atoms with E-state index in [9.17, 15) is 4.79 Å². The standard InChI is InChI=1S/C18H30N2O3/c1-7-13(8-2)12-19-14-9-10-16(22-6)15(11-14)20-17(21)23-18(3,4)5/h9-11,13,19H,7-8,12H2,1-6H3,(H,20,21). The number of hydrogen-bond donors (Lipinski definition) is 2. The lowest BCUT2D eigenvalue weighted by atomic mass is 10.0. The summed E-state index contributed by atoms with van der Waals surface area (Å²) in [5.41, 5.74) is 1.00. The number of ether oxygens (including phenoxy) is 2. The highest BCUT2D eigenvalue weighted by Gasteiger charge is 2.17. The number of hydrogen-bond acceptors (Lipinski definition) is 4. The van der Waals surface area contributed by atoms with Crippen molar-refractivity contribution in [1.82, 2.24) is 0 Å². The zero-order valence-electron chi connectivity index (χ0n) is 15.2. The molecule has 0 unspecified atom stereocenters. The maximum Gasteiger partial charge on any atom is 0.412 e. The highest BCUT2D eigenvalue weighted by molar-refractivity contribution is 5.88. The number of carbonyl (C=O) groups is 1. The van der Waals surface area contributed by atoms with Crippen LogP contribution in [0.1, 0.15) is 47.5 Å². The fourth-order valence-corrected chi connectivity index (χ4v) is 2.17. The van der Waals surface area contributed by atoms with E-state index < -0.39 is 11.7 Å². The smallest absolute Gasteiger partial charge is 0.412 e. The van der Waals surface area contributed by atoms with Crippen LogP contribution in [0.2, 0.25) is 0 Å². The molecule has 130 valence electrons. The molecule has 0 saturated carbocycles. The van der Waals surface area contributed by atoms with Crippen LogP contribution < -0.4 is 15.4 Å². The summed E-state index contributed by atoms with van der Waals surface area (Å²) in [5, 5.41) is 6.16. The highest BCUT2D eigenvalue weighted by atomic mass is 16.6. The summed E-state index contributed by atoms with van der Waals surface area (Å²) in [6, 6.07) is 5.65. The third-order valence-electron chi connectivity index (χ3n) is 3.58. The lowest BCUT2D eigenvalue weighted by Gasteiger charge is -2.21. The zero-order valence-corrected chi connectivity index (χ0v) is 15.2. The van der Waals surface area contributed by atoms with Gasteiger partial charge >= 0.3 is 6.09 Å². The van der Waals surface area contributed by atoms with Crippen molar-refractivity contribution in [3.05, 3.63) is 18.2 Å². The maximum atomic E-state index is 12.0.